The molecule has 0 aromatic heterocycles. The third-order valence-electron chi connectivity index (χ3n) is 1.89. The van der Waals surface area contributed by atoms with Crippen molar-refractivity contribution in [1.29, 1.82) is 0 Å². The van der Waals surface area contributed by atoms with Crippen molar-refractivity contribution < 1.29 is 4.74 Å². The zero-order chi connectivity index (χ0) is 7.56. The minimum absolute atomic E-state index is 0.589. The maximum Gasteiger partial charge on any atom is 0.0900 e. The number of hydrogen-bond acceptors (Lipinski definition) is 2. The van der Waals surface area contributed by atoms with E-state index in [2.05, 4.69) is 20.8 Å². The average Bonchev–Trinajstić information content (AvgIpc) is 2.64. The van der Waals surface area contributed by atoms with Crippen LogP contribution in [-0.2, 0) is 4.74 Å². The molecule has 1 fully saturated rings. The van der Waals surface area contributed by atoms with Gasteiger partial charge in [0.1, 0.15) is 0 Å². The highest BCUT2D eigenvalue weighted by molar-refractivity contribution is 7.99. The summed E-state index contributed by atoms with van der Waals surface area (Å²) in [6.45, 7) is 7.83. The van der Waals surface area contributed by atoms with E-state index in [9.17, 15) is 0 Å². The van der Waals surface area contributed by atoms with E-state index in [1.165, 1.54) is 5.75 Å². The smallest absolute Gasteiger partial charge is 0.0900 e. The Bertz CT molecular complexity index is 99.4. The van der Waals surface area contributed by atoms with E-state index in [0.29, 0.717) is 6.10 Å². The third-order valence-corrected chi connectivity index (χ3v) is 3.52. The number of hydrogen-bond donors (Lipinski definition) is 0. The van der Waals surface area contributed by atoms with Crippen LogP contribution in [0.1, 0.15) is 20.8 Å². The minimum atomic E-state index is 0.589. The van der Waals surface area contributed by atoms with Gasteiger partial charge < -0.3 is 4.74 Å². The maximum absolute atomic E-state index is 5.12. The Morgan fingerprint density at radius 3 is 2.50 bits per heavy atom. The van der Waals surface area contributed by atoms with Gasteiger partial charge in [0.2, 0.25) is 0 Å². The molecule has 0 radical (unpaired) electrons. The van der Waals surface area contributed by atoms with Gasteiger partial charge in [0.15, 0.2) is 0 Å². The summed E-state index contributed by atoms with van der Waals surface area (Å²) < 4.78 is 5.12. The summed E-state index contributed by atoms with van der Waals surface area (Å²) in [5.41, 5.74) is 0. The number of ether oxygens (including phenoxy) is 1. The van der Waals surface area contributed by atoms with Gasteiger partial charge in [-0.15, -0.1) is 0 Å². The van der Waals surface area contributed by atoms with E-state index in [1.54, 1.807) is 0 Å². The molecule has 1 heterocycles. The van der Waals surface area contributed by atoms with Crippen molar-refractivity contribution in [1.82, 2.24) is 0 Å². The number of epoxide rings is 1. The standard InChI is InChI=1S/C8H16OS/c1-6(2)7(3)10-5-8-4-9-8/h6-8H,4-5H2,1-3H3. The third kappa shape index (κ3) is 2.93. The molecule has 0 bridgehead atoms. The second-order valence-corrected chi connectivity index (χ2v) is 4.65. The van der Waals surface area contributed by atoms with Gasteiger partial charge in [-0.05, 0) is 5.92 Å². The number of thioether (sulfide) groups is 1. The van der Waals surface area contributed by atoms with Crippen molar-refractivity contribution in [3.05, 3.63) is 0 Å². The van der Waals surface area contributed by atoms with Gasteiger partial charge in [0.05, 0.1) is 12.7 Å². The Kier molecular flexibility index (Phi) is 3.05. The van der Waals surface area contributed by atoms with Crippen molar-refractivity contribution in [2.45, 2.75) is 32.1 Å². The van der Waals surface area contributed by atoms with Crippen LogP contribution in [0.3, 0.4) is 0 Å². The lowest BCUT2D eigenvalue weighted by atomic mass is 10.2. The zero-order valence-electron chi connectivity index (χ0n) is 6.96. The van der Waals surface area contributed by atoms with Gasteiger partial charge in [-0.25, -0.2) is 0 Å². The van der Waals surface area contributed by atoms with Crippen molar-refractivity contribution in [2.75, 3.05) is 12.4 Å². The normalized spacial score (nSPS) is 27.0. The fourth-order valence-electron chi connectivity index (χ4n) is 0.616. The van der Waals surface area contributed by atoms with E-state index in [1.807, 2.05) is 11.8 Å². The van der Waals surface area contributed by atoms with E-state index in [0.717, 1.165) is 17.8 Å². The Labute approximate surface area is 67.5 Å². The molecule has 1 nitrogen and oxygen atoms in total. The molecule has 0 aromatic rings. The fraction of sp³-hybridized carbons (Fsp3) is 1.00. The van der Waals surface area contributed by atoms with Crippen molar-refractivity contribution >= 4 is 11.8 Å². The molecule has 2 heteroatoms. The summed E-state index contributed by atoms with van der Waals surface area (Å²) in [5, 5.41) is 0.782. The van der Waals surface area contributed by atoms with Gasteiger partial charge in [-0.1, -0.05) is 20.8 Å². The molecule has 2 unspecified atom stereocenters. The van der Waals surface area contributed by atoms with Crippen LogP contribution in [0, 0.1) is 5.92 Å². The lowest BCUT2D eigenvalue weighted by Crippen LogP contribution is -2.07. The molecular formula is C8H16OS. The predicted molar refractivity (Wildman–Crippen MR) is 46.5 cm³/mol. The highest BCUT2D eigenvalue weighted by atomic mass is 32.2. The van der Waals surface area contributed by atoms with Gasteiger partial charge in [-0.3, -0.25) is 0 Å². The summed E-state index contributed by atoms with van der Waals surface area (Å²) in [7, 11) is 0. The van der Waals surface area contributed by atoms with E-state index >= 15 is 0 Å². The van der Waals surface area contributed by atoms with Crippen LogP contribution in [-0.4, -0.2) is 23.7 Å². The van der Waals surface area contributed by atoms with Crippen molar-refractivity contribution in [3.8, 4) is 0 Å². The molecule has 0 spiro atoms. The van der Waals surface area contributed by atoms with Gasteiger partial charge >= 0.3 is 0 Å². The predicted octanol–water partition coefficient (Wildman–Crippen LogP) is 2.16. The van der Waals surface area contributed by atoms with E-state index in [4.69, 9.17) is 4.74 Å². The monoisotopic (exact) mass is 160 g/mol. The summed E-state index contributed by atoms with van der Waals surface area (Å²) >= 11 is 2.03. The molecule has 1 aliphatic heterocycles. The van der Waals surface area contributed by atoms with Gasteiger partial charge in [-0.2, -0.15) is 11.8 Å². The largest absolute Gasteiger partial charge is 0.372 e. The van der Waals surface area contributed by atoms with Crippen LogP contribution in [0.5, 0.6) is 0 Å². The van der Waals surface area contributed by atoms with Gasteiger partial charge in [0.25, 0.3) is 0 Å². The Morgan fingerprint density at radius 2 is 2.10 bits per heavy atom. The van der Waals surface area contributed by atoms with Crippen molar-refractivity contribution in [3.63, 3.8) is 0 Å². The Morgan fingerprint density at radius 1 is 1.50 bits per heavy atom. The molecule has 1 saturated heterocycles. The van der Waals surface area contributed by atoms with Crippen LogP contribution in [0.4, 0.5) is 0 Å². The summed E-state index contributed by atoms with van der Waals surface area (Å²) in [4.78, 5) is 0. The van der Waals surface area contributed by atoms with Crippen LogP contribution < -0.4 is 0 Å². The fourth-order valence-corrected chi connectivity index (χ4v) is 1.71. The van der Waals surface area contributed by atoms with Crippen LogP contribution in [0.15, 0.2) is 0 Å². The molecule has 1 aliphatic rings. The molecule has 0 aromatic carbocycles. The molecule has 0 N–H and O–H groups in total. The molecule has 60 valence electrons. The first-order valence-corrected chi connectivity index (χ1v) is 4.98. The molecule has 1 rings (SSSR count). The highest BCUT2D eigenvalue weighted by Crippen LogP contribution is 2.23. The zero-order valence-corrected chi connectivity index (χ0v) is 7.78. The SMILES string of the molecule is CC(C)C(C)SCC1CO1. The molecule has 10 heavy (non-hydrogen) atoms. The summed E-state index contributed by atoms with van der Waals surface area (Å²) in [6.07, 6.45) is 0.589. The minimum Gasteiger partial charge on any atom is -0.372 e. The first-order chi connectivity index (χ1) is 4.70. The highest BCUT2D eigenvalue weighted by Gasteiger charge is 2.23. The molecule has 0 aliphatic carbocycles. The quantitative estimate of drug-likeness (QED) is 0.584. The van der Waals surface area contributed by atoms with Crippen molar-refractivity contribution in [2.24, 2.45) is 5.92 Å². The summed E-state index contributed by atoms with van der Waals surface area (Å²) in [5.74, 6) is 1.99. The van der Waals surface area contributed by atoms with Gasteiger partial charge in [0, 0.05) is 11.0 Å². The Balaban J connectivity index is 1.99. The second kappa shape index (κ2) is 3.63. The molecule has 2 atom stereocenters. The van der Waals surface area contributed by atoms with Crippen LogP contribution in [0.25, 0.3) is 0 Å². The summed E-state index contributed by atoms with van der Waals surface area (Å²) in [6, 6.07) is 0. The topological polar surface area (TPSA) is 12.5 Å². The molecular weight excluding hydrogens is 144 g/mol. The second-order valence-electron chi connectivity index (χ2n) is 3.24. The molecule has 0 amide bonds. The number of rotatable bonds is 4. The van der Waals surface area contributed by atoms with E-state index in [-0.39, 0.29) is 0 Å². The maximum atomic E-state index is 5.12. The van der Waals surface area contributed by atoms with Crippen LogP contribution in [0.2, 0.25) is 0 Å². The molecule has 0 saturated carbocycles. The Hall–Kier alpha value is 0.310. The lowest BCUT2D eigenvalue weighted by molar-refractivity contribution is 0.425. The first-order valence-electron chi connectivity index (χ1n) is 3.93. The average molecular weight is 160 g/mol. The van der Waals surface area contributed by atoms with Crippen LogP contribution >= 0.6 is 11.8 Å². The lowest BCUT2D eigenvalue weighted by Gasteiger charge is -2.13. The first kappa shape index (κ1) is 8.41. The van der Waals surface area contributed by atoms with E-state index < -0.39 is 0 Å².